The molecule has 1 heterocycles. The van der Waals surface area contributed by atoms with Crippen LogP contribution in [0.3, 0.4) is 0 Å². The van der Waals surface area contributed by atoms with Crippen molar-refractivity contribution in [2.24, 2.45) is 0 Å². The van der Waals surface area contributed by atoms with Crippen LogP contribution in [0.1, 0.15) is 12.6 Å². The first-order chi connectivity index (χ1) is 6.72. The zero-order valence-corrected chi connectivity index (χ0v) is 9.31. The highest BCUT2D eigenvalue weighted by Crippen LogP contribution is 2.23. The zero-order chi connectivity index (χ0) is 10.1. The SMILES string of the molecule is CCc1ccc2ccc(Br)c(F)c2n1. The first-order valence-corrected chi connectivity index (χ1v) is 5.25. The highest BCUT2D eigenvalue weighted by Gasteiger charge is 2.06. The Labute approximate surface area is 90.1 Å². The van der Waals surface area contributed by atoms with Crippen molar-refractivity contribution < 1.29 is 4.39 Å². The summed E-state index contributed by atoms with van der Waals surface area (Å²) in [5, 5.41) is 0.836. The second-order valence-electron chi connectivity index (χ2n) is 3.09. The Balaban J connectivity index is 2.78. The van der Waals surface area contributed by atoms with Crippen molar-refractivity contribution in [1.29, 1.82) is 0 Å². The molecule has 14 heavy (non-hydrogen) atoms. The van der Waals surface area contributed by atoms with Crippen molar-refractivity contribution in [3.05, 3.63) is 40.2 Å². The van der Waals surface area contributed by atoms with Gasteiger partial charge in [0.05, 0.1) is 4.47 Å². The van der Waals surface area contributed by atoms with Gasteiger partial charge in [0, 0.05) is 11.1 Å². The minimum absolute atomic E-state index is 0.280. The molecule has 0 atom stereocenters. The van der Waals surface area contributed by atoms with Gasteiger partial charge < -0.3 is 0 Å². The van der Waals surface area contributed by atoms with Crippen molar-refractivity contribution in [3.63, 3.8) is 0 Å². The summed E-state index contributed by atoms with van der Waals surface area (Å²) >= 11 is 3.15. The number of aromatic nitrogens is 1. The summed E-state index contributed by atoms with van der Waals surface area (Å²) in [5.74, 6) is -0.280. The number of pyridine rings is 1. The number of rotatable bonds is 1. The Hall–Kier alpha value is -0.960. The molecular formula is C11H9BrFN. The van der Waals surface area contributed by atoms with Crippen LogP contribution in [0.5, 0.6) is 0 Å². The van der Waals surface area contributed by atoms with Crippen LogP contribution in [0, 0.1) is 5.82 Å². The van der Waals surface area contributed by atoms with E-state index in [4.69, 9.17) is 0 Å². The van der Waals surface area contributed by atoms with E-state index in [1.54, 1.807) is 6.07 Å². The molecule has 1 aromatic heterocycles. The third kappa shape index (κ3) is 1.52. The monoisotopic (exact) mass is 253 g/mol. The van der Waals surface area contributed by atoms with Gasteiger partial charge in [0.15, 0.2) is 5.82 Å². The summed E-state index contributed by atoms with van der Waals surface area (Å²) in [5.41, 5.74) is 1.35. The number of hydrogen-bond acceptors (Lipinski definition) is 1. The summed E-state index contributed by atoms with van der Waals surface area (Å²) in [7, 11) is 0. The Kier molecular flexibility index (Phi) is 2.50. The minimum Gasteiger partial charge on any atom is -0.250 e. The molecule has 3 heteroatoms. The van der Waals surface area contributed by atoms with E-state index < -0.39 is 0 Å². The van der Waals surface area contributed by atoms with Crippen molar-refractivity contribution in [2.75, 3.05) is 0 Å². The minimum atomic E-state index is -0.280. The first kappa shape index (κ1) is 9.59. The van der Waals surface area contributed by atoms with Crippen LogP contribution in [-0.4, -0.2) is 4.98 Å². The molecule has 0 unspecified atom stereocenters. The van der Waals surface area contributed by atoms with Gasteiger partial charge in [0.1, 0.15) is 5.52 Å². The van der Waals surface area contributed by atoms with Crippen LogP contribution in [0.4, 0.5) is 4.39 Å². The van der Waals surface area contributed by atoms with E-state index in [1.807, 2.05) is 25.1 Å². The molecule has 0 saturated heterocycles. The molecule has 0 aliphatic heterocycles. The molecule has 2 aromatic rings. The van der Waals surface area contributed by atoms with Gasteiger partial charge in [-0.1, -0.05) is 19.1 Å². The second kappa shape index (κ2) is 3.65. The van der Waals surface area contributed by atoms with Gasteiger partial charge in [-0.2, -0.15) is 0 Å². The lowest BCUT2D eigenvalue weighted by molar-refractivity contribution is 0.630. The normalized spacial score (nSPS) is 10.8. The predicted molar refractivity (Wildman–Crippen MR) is 58.8 cm³/mol. The van der Waals surface area contributed by atoms with E-state index >= 15 is 0 Å². The van der Waals surface area contributed by atoms with Crippen LogP contribution >= 0.6 is 15.9 Å². The lowest BCUT2D eigenvalue weighted by atomic mass is 10.2. The Morgan fingerprint density at radius 1 is 1.29 bits per heavy atom. The van der Waals surface area contributed by atoms with Crippen LogP contribution in [0.25, 0.3) is 10.9 Å². The summed E-state index contributed by atoms with van der Waals surface area (Å²) in [6.45, 7) is 2.00. The summed E-state index contributed by atoms with van der Waals surface area (Å²) in [6, 6.07) is 7.38. The van der Waals surface area contributed by atoms with Gasteiger partial charge in [-0.3, -0.25) is 0 Å². The highest BCUT2D eigenvalue weighted by molar-refractivity contribution is 9.10. The molecule has 1 aromatic carbocycles. The third-order valence-corrected chi connectivity index (χ3v) is 2.79. The quantitative estimate of drug-likeness (QED) is 0.756. The largest absolute Gasteiger partial charge is 0.250 e. The average molecular weight is 254 g/mol. The molecule has 0 bridgehead atoms. The summed E-state index contributed by atoms with van der Waals surface area (Å²) in [4.78, 5) is 4.25. The van der Waals surface area contributed by atoms with Gasteiger partial charge in [0.2, 0.25) is 0 Å². The van der Waals surface area contributed by atoms with Crippen LogP contribution in [0.15, 0.2) is 28.7 Å². The molecule has 72 valence electrons. The fraction of sp³-hybridized carbons (Fsp3) is 0.182. The van der Waals surface area contributed by atoms with Crippen LogP contribution < -0.4 is 0 Å². The Bertz CT molecular complexity index is 482. The van der Waals surface area contributed by atoms with E-state index in [0.29, 0.717) is 9.99 Å². The van der Waals surface area contributed by atoms with Crippen molar-refractivity contribution in [2.45, 2.75) is 13.3 Å². The number of benzene rings is 1. The Morgan fingerprint density at radius 2 is 2.00 bits per heavy atom. The zero-order valence-electron chi connectivity index (χ0n) is 7.72. The molecule has 0 spiro atoms. The maximum absolute atomic E-state index is 13.6. The topological polar surface area (TPSA) is 12.9 Å². The van der Waals surface area contributed by atoms with E-state index in [1.165, 1.54) is 0 Å². The molecule has 0 aliphatic carbocycles. The fourth-order valence-corrected chi connectivity index (χ4v) is 1.69. The molecule has 0 aliphatic rings. The van der Waals surface area contributed by atoms with E-state index in [9.17, 15) is 4.39 Å². The fourth-order valence-electron chi connectivity index (χ4n) is 1.37. The van der Waals surface area contributed by atoms with E-state index in [-0.39, 0.29) is 5.82 Å². The Morgan fingerprint density at radius 3 is 2.71 bits per heavy atom. The molecule has 2 rings (SSSR count). The maximum atomic E-state index is 13.6. The van der Waals surface area contributed by atoms with Gasteiger partial charge >= 0.3 is 0 Å². The molecule has 0 fully saturated rings. The molecule has 0 N–H and O–H groups in total. The van der Waals surface area contributed by atoms with Gasteiger partial charge in [-0.05, 0) is 34.5 Å². The second-order valence-corrected chi connectivity index (χ2v) is 3.94. The maximum Gasteiger partial charge on any atom is 0.163 e. The van der Waals surface area contributed by atoms with E-state index in [2.05, 4.69) is 20.9 Å². The van der Waals surface area contributed by atoms with Crippen LogP contribution in [-0.2, 0) is 6.42 Å². The standard InChI is InChI=1S/C11H9BrFN/c1-2-8-5-3-7-4-6-9(12)10(13)11(7)14-8/h3-6H,2H2,1H3. The summed E-state index contributed by atoms with van der Waals surface area (Å²) in [6.07, 6.45) is 0.821. The molecule has 0 saturated carbocycles. The smallest absolute Gasteiger partial charge is 0.163 e. The number of hydrogen-bond donors (Lipinski definition) is 0. The molecular weight excluding hydrogens is 245 g/mol. The number of nitrogens with zero attached hydrogens (tertiary/aromatic N) is 1. The highest BCUT2D eigenvalue weighted by atomic mass is 79.9. The van der Waals surface area contributed by atoms with Crippen molar-refractivity contribution in [3.8, 4) is 0 Å². The van der Waals surface area contributed by atoms with Gasteiger partial charge in [-0.25, -0.2) is 9.37 Å². The predicted octanol–water partition coefficient (Wildman–Crippen LogP) is 3.70. The summed E-state index contributed by atoms with van der Waals surface area (Å²) < 4.78 is 14.1. The van der Waals surface area contributed by atoms with Crippen LogP contribution in [0.2, 0.25) is 0 Å². The first-order valence-electron chi connectivity index (χ1n) is 4.46. The van der Waals surface area contributed by atoms with Crippen molar-refractivity contribution >= 4 is 26.8 Å². The molecule has 1 nitrogen and oxygen atoms in total. The average Bonchev–Trinajstić information content (AvgIpc) is 2.23. The number of fused-ring (bicyclic) bond motifs is 1. The number of aryl methyl sites for hydroxylation is 1. The van der Waals surface area contributed by atoms with Crippen molar-refractivity contribution in [1.82, 2.24) is 4.98 Å². The molecule has 0 radical (unpaired) electrons. The lowest BCUT2D eigenvalue weighted by Gasteiger charge is -2.02. The van der Waals surface area contributed by atoms with Gasteiger partial charge in [-0.15, -0.1) is 0 Å². The third-order valence-electron chi connectivity index (χ3n) is 2.17. The van der Waals surface area contributed by atoms with Gasteiger partial charge in [0.25, 0.3) is 0 Å². The van der Waals surface area contributed by atoms with E-state index in [0.717, 1.165) is 17.5 Å². The lowest BCUT2D eigenvalue weighted by Crippen LogP contribution is -1.91. The molecule has 0 amide bonds. The number of halogens is 2.